The molecule has 0 saturated heterocycles. The minimum Gasteiger partial charge on any atom is -0.464 e. The summed E-state index contributed by atoms with van der Waals surface area (Å²) in [5, 5.41) is 14.6. The molecule has 9 heteroatoms. The summed E-state index contributed by atoms with van der Waals surface area (Å²) in [5.41, 5.74) is 2.85. The molecule has 4 rings (SSSR count). The molecule has 3 heterocycles. The number of aromatic nitrogens is 2. The third-order valence-corrected chi connectivity index (χ3v) is 5.43. The monoisotopic (exact) mass is 431 g/mol. The molecular weight excluding hydrogens is 410 g/mol. The molecule has 158 valence electrons. The molecule has 2 aromatic heterocycles. The van der Waals surface area contributed by atoms with Crippen LogP contribution in [0.1, 0.15) is 34.2 Å². The van der Waals surface area contributed by atoms with Crippen LogP contribution in [0.15, 0.2) is 33.7 Å². The minimum atomic E-state index is -0.479. The highest BCUT2D eigenvalue weighted by Crippen LogP contribution is 2.25. The SMILES string of the molecule is CCOC(=O)c1nn(CCO)c2c1CN(Cc1coc3ccc(Cl)cc3c1=O)CC2. The van der Waals surface area contributed by atoms with Gasteiger partial charge in [0, 0.05) is 47.9 Å². The van der Waals surface area contributed by atoms with Crippen molar-refractivity contribution in [2.45, 2.75) is 33.0 Å². The van der Waals surface area contributed by atoms with Gasteiger partial charge < -0.3 is 14.3 Å². The number of aliphatic hydroxyl groups excluding tert-OH is 1. The van der Waals surface area contributed by atoms with Crippen molar-refractivity contribution in [3.8, 4) is 0 Å². The number of hydrogen-bond donors (Lipinski definition) is 1. The van der Waals surface area contributed by atoms with Gasteiger partial charge in [0.05, 0.1) is 31.4 Å². The molecule has 0 amide bonds. The number of carbonyl (C=O) groups is 1. The molecule has 0 unspecified atom stereocenters. The molecule has 30 heavy (non-hydrogen) atoms. The number of esters is 1. The molecule has 8 nitrogen and oxygen atoms in total. The Kier molecular flexibility index (Phi) is 5.90. The predicted molar refractivity (Wildman–Crippen MR) is 111 cm³/mol. The lowest BCUT2D eigenvalue weighted by Crippen LogP contribution is -2.33. The van der Waals surface area contributed by atoms with Crippen molar-refractivity contribution in [2.75, 3.05) is 19.8 Å². The summed E-state index contributed by atoms with van der Waals surface area (Å²) in [6.07, 6.45) is 2.13. The topological polar surface area (TPSA) is 97.8 Å². The van der Waals surface area contributed by atoms with Crippen molar-refractivity contribution in [1.29, 1.82) is 0 Å². The first-order valence-electron chi connectivity index (χ1n) is 9.80. The smallest absolute Gasteiger partial charge is 0.359 e. The van der Waals surface area contributed by atoms with Crippen molar-refractivity contribution in [2.24, 2.45) is 0 Å². The van der Waals surface area contributed by atoms with Crippen LogP contribution >= 0.6 is 11.6 Å². The number of nitrogens with zero attached hydrogens (tertiary/aromatic N) is 3. The number of halogens is 1. The molecule has 0 atom stereocenters. The standard InChI is InChI=1S/C21H22ClN3O5/c1-2-29-21(28)19-16-11-24(6-5-17(16)25(23-19)7-8-26)10-13-12-30-18-4-3-14(22)9-15(18)20(13)27/h3-4,9,12,26H,2,5-8,10-11H2,1H3. The summed E-state index contributed by atoms with van der Waals surface area (Å²) in [7, 11) is 0. The number of aliphatic hydroxyl groups is 1. The van der Waals surface area contributed by atoms with Gasteiger partial charge in [-0.15, -0.1) is 0 Å². The fourth-order valence-corrected chi connectivity index (χ4v) is 3.99. The van der Waals surface area contributed by atoms with Crippen LogP contribution in [0.25, 0.3) is 11.0 Å². The van der Waals surface area contributed by atoms with Crippen molar-refractivity contribution in [3.05, 3.63) is 62.2 Å². The molecule has 3 aromatic rings. The van der Waals surface area contributed by atoms with Crippen LogP contribution in [0, 0.1) is 0 Å². The number of hydrogen-bond acceptors (Lipinski definition) is 7. The molecule has 1 aromatic carbocycles. The van der Waals surface area contributed by atoms with Crippen molar-refractivity contribution >= 4 is 28.5 Å². The molecule has 0 spiro atoms. The zero-order valence-corrected chi connectivity index (χ0v) is 17.3. The highest BCUT2D eigenvalue weighted by Gasteiger charge is 2.29. The molecule has 0 saturated carbocycles. The predicted octanol–water partition coefficient (Wildman–Crippen LogP) is 2.37. The van der Waals surface area contributed by atoms with E-state index in [2.05, 4.69) is 10.00 Å². The quantitative estimate of drug-likeness (QED) is 0.598. The van der Waals surface area contributed by atoms with Gasteiger partial charge in [0.1, 0.15) is 5.58 Å². The third kappa shape index (κ3) is 3.86. The molecule has 0 radical (unpaired) electrons. The minimum absolute atomic E-state index is 0.0687. The van der Waals surface area contributed by atoms with E-state index < -0.39 is 5.97 Å². The van der Waals surface area contributed by atoms with Gasteiger partial charge >= 0.3 is 5.97 Å². The summed E-state index contributed by atoms with van der Waals surface area (Å²) in [5.74, 6) is -0.479. The van der Waals surface area contributed by atoms with E-state index in [1.165, 1.54) is 6.26 Å². The maximum Gasteiger partial charge on any atom is 0.359 e. The van der Waals surface area contributed by atoms with Crippen LogP contribution in [0.2, 0.25) is 5.02 Å². The van der Waals surface area contributed by atoms with E-state index in [0.717, 1.165) is 11.3 Å². The largest absolute Gasteiger partial charge is 0.464 e. The molecule has 0 aliphatic carbocycles. The van der Waals surface area contributed by atoms with Gasteiger partial charge in [-0.2, -0.15) is 5.10 Å². The Bertz CT molecular complexity index is 1150. The Morgan fingerprint density at radius 1 is 1.40 bits per heavy atom. The molecule has 0 fully saturated rings. The van der Waals surface area contributed by atoms with Crippen LogP contribution in [0.3, 0.4) is 0 Å². The van der Waals surface area contributed by atoms with E-state index in [4.69, 9.17) is 20.8 Å². The zero-order valence-electron chi connectivity index (χ0n) is 16.6. The maximum absolute atomic E-state index is 12.9. The Labute approximate surface area is 177 Å². The number of carbonyl (C=O) groups excluding carboxylic acids is 1. The number of benzene rings is 1. The molecule has 0 bridgehead atoms. The Morgan fingerprint density at radius 2 is 2.23 bits per heavy atom. The van der Waals surface area contributed by atoms with Gasteiger partial charge in [-0.1, -0.05) is 11.6 Å². The average molecular weight is 432 g/mol. The second-order valence-corrected chi connectivity index (χ2v) is 7.57. The van der Waals surface area contributed by atoms with Crippen molar-refractivity contribution < 1.29 is 19.1 Å². The van der Waals surface area contributed by atoms with E-state index in [9.17, 15) is 14.7 Å². The third-order valence-electron chi connectivity index (χ3n) is 5.19. The lowest BCUT2D eigenvalue weighted by Gasteiger charge is -2.27. The lowest BCUT2D eigenvalue weighted by molar-refractivity contribution is 0.0515. The Morgan fingerprint density at radius 3 is 3.00 bits per heavy atom. The first-order chi connectivity index (χ1) is 14.5. The summed E-state index contributed by atoms with van der Waals surface area (Å²) in [4.78, 5) is 27.3. The van der Waals surface area contributed by atoms with Gasteiger partial charge in [-0.05, 0) is 25.1 Å². The molecular formula is C21H22ClN3O5. The van der Waals surface area contributed by atoms with Crippen molar-refractivity contribution in [1.82, 2.24) is 14.7 Å². The van der Waals surface area contributed by atoms with Crippen LogP contribution in [0.4, 0.5) is 0 Å². The van der Waals surface area contributed by atoms with Crippen LogP contribution in [0.5, 0.6) is 0 Å². The van der Waals surface area contributed by atoms with Gasteiger partial charge in [0.2, 0.25) is 0 Å². The van der Waals surface area contributed by atoms with Gasteiger partial charge in [-0.25, -0.2) is 4.79 Å². The first-order valence-corrected chi connectivity index (χ1v) is 10.2. The molecule has 1 aliphatic rings. The fraction of sp³-hybridized carbons (Fsp3) is 0.381. The maximum atomic E-state index is 12.9. The number of fused-ring (bicyclic) bond motifs is 2. The summed E-state index contributed by atoms with van der Waals surface area (Å²) >= 11 is 6.03. The zero-order chi connectivity index (χ0) is 21.3. The average Bonchev–Trinajstić information content (AvgIpc) is 3.09. The first kappa shape index (κ1) is 20.6. The van der Waals surface area contributed by atoms with Gasteiger partial charge in [0.15, 0.2) is 11.1 Å². The lowest BCUT2D eigenvalue weighted by atomic mass is 10.0. The normalized spacial score (nSPS) is 14.1. The Balaban J connectivity index is 1.63. The highest BCUT2D eigenvalue weighted by atomic mass is 35.5. The van der Waals surface area contributed by atoms with E-state index in [1.54, 1.807) is 29.8 Å². The highest BCUT2D eigenvalue weighted by molar-refractivity contribution is 6.31. The number of rotatable bonds is 6. The Hall–Kier alpha value is -2.68. The summed E-state index contributed by atoms with van der Waals surface area (Å²) < 4.78 is 12.4. The van der Waals surface area contributed by atoms with E-state index in [1.807, 2.05) is 0 Å². The second-order valence-electron chi connectivity index (χ2n) is 7.13. The van der Waals surface area contributed by atoms with E-state index in [0.29, 0.717) is 54.2 Å². The van der Waals surface area contributed by atoms with Crippen LogP contribution in [-0.2, 0) is 30.8 Å². The van der Waals surface area contributed by atoms with E-state index in [-0.39, 0.29) is 24.3 Å². The van der Waals surface area contributed by atoms with E-state index >= 15 is 0 Å². The van der Waals surface area contributed by atoms with Gasteiger partial charge in [-0.3, -0.25) is 14.4 Å². The van der Waals surface area contributed by atoms with Crippen LogP contribution in [-0.4, -0.2) is 45.5 Å². The van der Waals surface area contributed by atoms with Crippen LogP contribution < -0.4 is 5.43 Å². The van der Waals surface area contributed by atoms with Crippen molar-refractivity contribution in [3.63, 3.8) is 0 Å². The second kappa shape index (κ2) is 8.59. The summed E-state index contributed by atoms with van der Waals surface area (Å²) in [6.45, 7) is 3.74. The fourth-order valence-electron chi connectivity index (χ4n) is 3.82. The van der Waals surface area contributed by atoms with Gasteiger partial charge in [0.25, 0.3) is 0 Å². The summed E-state index contributed by atoms with van der Waals surface area (Å²) in [6, 6.07) is 4.97. The molecule has 1 aliphatic heterocycles. The molecule has 1 N–H and O–H groups in total. The number of ether oxygens (including phenoxy) is 1.